The first-order valence-corrected chi connectivity index (χ1v) is 15.4. The van der Waals surface area contributed by atoms with Crippen LogP contribution in [0.3, 0.4) is 0 Å². The van der Waals surface area contributed by atoms with E-state index in [2.05, 4.69) is 6.58 Å². The van der Waals surface area contributed by atoms with Crippen molar-refractivity contribution in [3.8, 4) is 0 Å². The van der Waals surface area contributed by atoms with Gasteiger partial charge in [0.2, 0.25) is 0 Å². The van der Waals surface area contributed by atoms with E-state index in [1.165, 1.54) is 19.1 Å². The quantitative estimate of drug-likeness (QED) is 0.406. The third-order valence-electron chi connectivity index (χ3n) is 11.7. The van der Waals surface area contributed by atoms with E-state index in [4.69, 9.17) is 15.2 Å². The maximum atomic E-state index is 17.6. The Bertz CT molecular complexity index is 1670. The van der Waals surface area contributed by atoms with Gasteiger partial charge in [-0.2, -0.15) is 0 Å². The standard InChI is InChI=1S/C36H37F2NO6/c1-19(22-5-4-6-23(39)13-22)20-7-9-21(10-8-20)32-44-31-16-25-26-15-28(37)27-14-24(41)11-12-33(27,2)35(26,38)29(42)17-34(25,3)36(31,45-32)30(43)18-40/h4-14,25-26,28-29,31-32,40,42H,1,15-18,39H2,2-3H3/t25-,26-,28-,29-,31+,32+,33-,34-,35-,36+/m0/s1. The third kappa shape index (κ3) is 3.87. The number of benzene rings is 2. The van der Waals surface area contributed by atoms with Crippen LogP contribution in [-0.2, 0) is 19.1 Å². The highest BCUT2D eigenvalue weighted by atomic mass is 19.1. The zero-order chi connectivity index (χ0) is 32.1. The molecule has 1 saturated heterocycles. The largest absolute Gasteiger partial charge is 0.399 e. The number of aliphatic hydroxyl groups is 2. The van der Waals surface area contributed by atoms with Crippen molar-refractivity contribution >= 4 is 22.8 Å². The summed E-state index contributed by atoms with van der Waals surface area (Å²) in [5, 5.41) is 21.9. The normalized spacial score (nSPS) is 41.5. The van der Waals surface area contributed by atoms with Crippen LogP contribution in [0.1, 0.15) is 56.1 Å². The van der Waals surface area contributed by atoms with Crippen molar-refractivity contribution in [2.24, 2.45) is 22.7 Å². The van der Waals surface area contributed by atoms with Crippen molar-refractivity contribution in [1.29, 1.82) is 0 Å². The monoisotopic (exact) mass is 617 g/mol. The molecule has 0 amide bonds. The van der Waals surface area contributed by atoms with Crippen molar-refractivity contribution in [1.82, 2.24) is 0 Å². The number of nitrogen functional groups attached to an aromatic ring is 1. The molecule has 7 rings (SSSR count). The number of hydrogen-bond donors (Lipinski definition) is 3. The highest BCUT2D eigenvalue weighted by Gasteiger charge is 2.80. The number of anilines is 1. The molecular weight excluding hydrogens is 580 g/mol. The van der Waals surface area contributed by atoms with Gasteiger partial charge in [0.15, 0.2) is 29.1 Å². The van der Waals surface area contributed by atoms with Gasteiger partial charge in [0.1, 0.15) is 12.8 Å². The van der Waals surface area contributed by atoms with Crippen LogP contribution in [0, 0.1) is 22.7 Å². The van der Waals surface area contributed by atoms with Gasteiger partial charge in [-0.05, 0) is 78.7 Å². The Morgan fingerprint density at radius 1 is 1.11 bits per heavy atom. The molecule has 5 aliphatic rings. The molecule has 7 nitrogen and oxygen atoms in total. The molecule has 9 heteroatoms. The predicted octanol–water partition coefficient (Wildman–Crippen LogP) is 4.97. The number of nitrogens with two attached hydrogens (primary N) is 1. The second-order valence-corrected chi connectivity index (χ2v) is 13.7. The number of alkyl halides is 2. The molecule has 236 valence electrons. The predicted molar refractivity (Wildman–Crippen MR) is 163 cm³/mol. The molecule has 1 heterocycles. The maximum Gasteiger partial charge on any atom is 0.193 e. The Labute approximate surface area is 260 Å². The molecular formula is C36H37F2NO6. The van der Waals surface area contributed by atoms with Gasteiger partial charge >= 0.3 is 0 Å². The first-order chi connectivity index (χ1) is 21.3. The highest BCUT2D eigenvalue weighted by molar-refractivity contribution is 6.01. The number of carbonyl (C=O) groups excluding carboxylic acids is 2. The van der Waals surface area contributed by atoms with Crippen molar-refractivity contribution in [3.05, 3.63) is 95.6 Å². The molecule has 45 heavy (non-hydrogen) atoms. The number of Topliss-reactive ketones (excluding diaryl/α,β-unsaturated/α-hetero) is 1. The summed E-state index contributed by atoms with van der Waals surface area (Å²) in [6, 6.07) is 14.8. The molecule has 0 unspecified atom stereocenters. The summed E-state index contributed by atoms with van der Waals surface area (Å²) >= 11 is 0. The number of allylic oxidation sites excluding steroid dienone is 4. The van der Waals surface area contributed by atoms with E-state index in [1.807, 2.05) is 42.5 Å². The molecule has 4 fully saturated rings. The molecule has 0 aromatic heterocycles. The molecule has 10 atom stereocenters. The number of ether oxygens (including phenoxy) is 2. The highest BCUT2D eigenvalue weighted by Crippen LogP contribution is 2.72. The van der Waals surface area contributed by atoms with Gasteiger partial charge in [-0.1, -0.05) is 56.0 Å². The molecule has 4 aliphatic carbocycles. The second kappa shape index (κ2) is 10.00. The van der Waals surface area contributed by atoms with Gasteiger partial charge < -0.3 is 25.4 Å². The van der Waals surface area contributed by atoms with E-state index in [0.29, 0.717) is 11.3 Å². The van der Waals surface area contributed by atoms with Gasteiger partial charge in [-0.3, -0.25) is 9.59 Å². The third-order valence-corrected chi connectivity index (χ3v) is 11.7. The van der Waals surface area contributed by atoms with Crippen LogP contribution in [0.4, 0.5) is 14.5 Å². The lowest BCUT2D eigenvalue weighted by molar-refractivity contribution is -0.235. The first-order valence-electron chi connectivity index (χ1n) is 15.4. The van der Waals surface area contributed by atoms with Gasteiger partial charge in [0, 0.05) is 28.0 Å². The number of carbonyl (C=O) groups is 2. The number of rotatable bonds is 5. The molecule has 2 aromatic rings. The summed E-state index contributed by atoms with van der Waals surface area (Å²) < 4.78 is 46.3. The van der Waals surface area contributed by atoms with Crippen LogP contribution in [0.2, 0.25) is 0 Å². The Morgan fingerprint density at radius 3 is 2.53 bits per heavy atom. The van der Waals surface area contributed by atoms with Crippen molar-refractivity contribution in [2.75, 3.05) is 12.3 Å². The Kier molecular flexibility index (Phi) is 6.70. The fraction of sp³-hybridized carbons (Fsp3) is 0.444. The van der Waals surface area contributed by atoms with Crippen LogP contribution < -0.4 is 5.73 Å². The van der Waals surface area contributed by atoms with Crippen LogP contribution in [-0.4, -0.2) is 58.0 Å². The smallest absolute Gasteiger partial charge is 0.193 e. The van der Waals surface area contributed by atoms with Gasteiger partial charge in [0.25, 0.3) is 0 Å². The first kappa shape index (κ1) is 30.2. The molecule has 0 bridgehead atoms. The zero-order valence-electron chi connectivity index (χ0n) is 25.2. The summed E-state index contributed by atoms with van der Waals surface area (Å²) in [6.45, 7) is 6.66. The lowest BCUT2D eigenvalue weighted by Crippen LogP contribution is -2.70. The maximum absolute atomic E-state index is 17.6. The molecule has 1 aliphatic heterocycles. The number of hydrogen-bond acceptors (Lipinski definition) is 7. The summed E-state index contributed by atoms with van der Waals surface area (Å²) in [5.74, 6) is -2.65. The molecule has 3 saturated carbocycles. The van der Waals surface area contributed by atoms with E-state index in [9.17, 15) is 19.8 Å². The molecule has 0 radical (unpaired) electrons. The average Bonchev–Trinajstić information content (AvgIpc) is 3.52. The minimum atomic E-state index is -2.30. The fourth-order valence-electron chi connectivity index (χ4n) is 9.45. The number of ketones is 2. The summed E-state index contributed by atoms with van der Waals surface area (Å²) in [7, 11) is 0. The Hall–Kier alpha value is -3.50. The number of fused-ring (bicyclic) bond motifs is 7. The minimum absolute atomic E-state index is 0.0326. The van der Waals surface area contributed by atoms with Gasteiger partial charge in [-0.15, -0.1) is 0 Å². The van der Waals surface area contributed by atoms with E-state index >= 15 is 8.78 Å². The lowest BCUT2D eigenvalue weighted by Gasteiger charge is -2.63. The van der Waals surface area contributed by atoms with Crippen molar-refractivity contribution in [3.63, 3.8) is 0 Å². The van der Waals surface area contributed by atoms with Crippen LogP contribution in [0.5, 0.6) is 0 Å². The van der Waals surface area contributed by atoms with Gasteiger partial charge in [0.05, 0.1) is 12.2 Å². The average molecular weight is 618 g/mol. The minimum Gasteiger partial charge on any atom is -0.399 e. The number of halogens is 2. The Morgan fingerprint density at radius 2 is 1.84 bits per heavy atom. The van der Waals surface area contributed by atoms with E-state index in [0.717, 1.165) is 22.8 Å². The summed E-state index contributed by atoms with van der Waals surface area (Å²) in [4.78, 5) is 25.9. The molecule has 0 spiro atoms. The van der Waals surface area contributed by atoms with Crippen LogP contribution in [0.15, 0.2) is 78.9 Å². The van der Waals surface area contributed by atoms with Crippen molar-refractivity contribution in [2.45, 2.75) is 69.0 Å². The molecule has 2 aromatic carbocycles. The van der Waals surface area contributed by atoms with E-state index in [-0.39, 0.29) is 24.8 Å². The van der Waals surface area contributed by atoms with Crippen LogP contribution in [0.25, 0.3) is 5.57 Å². The summed E-state index contributed by atoms with van der Waals surface area (Å²) in [6.07, 6.45) is -1.53. The molecule has 4 N–H and O–H groups in total. The summed E-state index contributed by atoms with van der Waals surface area (Å²) in [5.41, 5.74) is 3.02. The van der Waals surface area contributed by atoms with E-state index in [1.54, 1.807) is 13.0 Å². The zero-order valence-corrected chi connectivity index (χ0v) is 25.2. The SMILES string of the molecule is C=C(c1ccc([C@@H]2O[C@@H]3C[C@H]4[C@@H]5C[C@H](F)C6=CC(=O)C=C[C@]6(C)[C@@]5(F)[C@@H](O)C[C@]4(C)[C@]3(C(=O)CO)O2)cc1)c1cccc(N)c1. The second-order valence-electron chi connectivity index (χ2n) is 13.7. The Balaban J connectivity index is 1.22. The van der Waals surface area contributed by atoms with Crippen LogP contribution >= 0.6 is 0 Å². The fourth-order valence-corrected chi connectivity index (χ4v) is 9.45. The lowest BCUT2D eigenvalue weighted by atomic mass is 9.44. The van der Waals surface area contributed by atoms with Gasteiger partial charge in [-0.25, -0.2) is 8.78 Å². The number of aliphatic hydroxyl groups excluding tert-OH is 2. The van der Waals surface area contributed by atoms with Crippen molar-refractivity contribution < 1.29 is 38.1 Å². The van der Waals surface area contributed by atoms with E-state index < -0.39 is 76.8 Å². The topological polar surface area (TPSA) is 119 Å².